The number of halogens is 2. The summed E-state index contributed by atoms with van der Waals surface area (Å²) in [5, 5.41) is 13.2. The van der Waals surface area contributed by atoms with Crippen molar-refractivity contribution in [2.45, 2.75) is 6.42 Å². The number of carboxylic acids is 1. The van der Waals surface area contributed by atoms with Gasteiger partial charge in [0.25, 0.3) is 0 Å². The molecule has 116 valence electrons. The van der Waals surface area contributed by atoms with E-state index in [-0.39, 0.29) is 5.56 Å². The average molecular weight is 340 g/mol. The topological polar surface area (TPSA) is 58.6 Å². The Kier molecular flexibility index (Phi) is 5.52. The SMILES string of the molecule is CNc1ccc(C(=O)O)cc1OCCc1ccc(Cl)cc1Cl. The molecule has 4 nitrogen and oxygen atoms in total. The molecule has 22 heavy (non-hydrogen) atoms. The minimum atomic E-state index is -0.992. The lowest BCUT2D eigenvalue weighted by Gasteiger charge is -2.12. The van der Waals surface area contributed by atoms with E-state index in [9.17, 15) is 4.79 Å². The molecular weight excluding hydrogens is 325 g/mol. The minimum absolute atomic E-state index is 0.179. The molecule has 0 saturated carbocycles. The van der Waals surface area contributed by atoms with Crippen LogP contribution in [0.4, 0.5) is 5.69 Å². The maximum Gasteiger partial charge on any atom is 0.335 e. The Labute approximate surface area is 138 Å². The third-order valence-corrected chi connectivity index (χ3v) is 3.73. The predicted octanol–water partition coefficient (Wildman–Crippen LogP) is 4.35. The molecule has 2 rings (SSSR count). The van der Waals surface area contributed by atoms with Crippen molar-refractivity contribution in [1.82, 2.24) is 0 Å². The number of carbonyl (C=O) groups is 1. The zero-order valence-corrected chi connectivity index (χ0v) is 13.4. The van der Waals surface area contributed by atoms with Crippen LogP contribution in [0.25, 0.3) is 0 Å². The third-order valence-electron chi connectivity index (χ3n) is 3.14. The van der Waals surface area contributed by atoms with Crippen LogP contribution in [-0.4, -0.2) is 24.7 Å². The molecule has 0 aromatic heterocycles. The van der Waals surface area contributed by atoms with Gasteiger partial charge in [0.05, 0.1) is 17.9 Å². The molecule has 2 aromatic rings. The van der Waals surface area contributed by atoms with Gasteiger partial charge < -0.3 is 15.2 Å². The number of nitrogens with one attached hydrogen (secondary N) is 1. The molecule has 2 aromatic carbocycles. The Morgan fingerprint density at radius 2 is 2.00 bits per heavy atom. The first kappa shape index (κ1) is 16.5. The van der Waals surface area contributed by atoms with Crippen molar-refractivity contribution in [2.75, 3.05) is 19.0 Å². The zero-order chi connectivity index (χ0) is 16.1. The summed E-state index contributed by atoms with van der Waals surface area (Å²) in [6.45, 7) is 0.374. The Balaban J connectivity index is 2.07. The normalized spacial score (nSPS) is 10.3. The van der Waals surface area contributed by atoms with Crippen molar-refractivity contribution < 1.29 is 14.6 Å². The van der Waals surface area contributed by atoms with Crippen molar-refractivity contribution in [3.05, 3.63) is 57.6 Å². The molecule has 0 amide bonds. The van der Waals surface area contributed by atoms with E-state index in [1.54, 1.807) is 25.2 Å². The van der Waals surface area contributed by atoms with Crippen molar-refractivity contribution in [1.29, 1.82) is 0 Å². The molecule has 0 atom stereocenters. The highest BCUT2D eigenvalue weighted by Crippen LogP contribution is 2.26. The minimum Gasteiger partial charge on any atom is -0.491 e. The number of hydrogen-bond acceptors (Lipinski definition) is 3. The standard InChI is InChI=1S/C16H15Cl2NO3/c1-19-14-5-3-11(16(20)21)8-15(14)22-7-6-10-2-4-12(17)9-13(10)18/h2-5,8-9,19H,6-7H2,1H3,(H,20,21). The van der Waals surface area contributed by atoms with Crippen LogP contribution in [0.2, 0.25) is 10.0 Å². The Bertz CT molecular complexity index is 689. The van der Waals surface area contributed by atoms with E-state index >= 15 is 0 Å². The van der Waals surface area contributed by atoms with E-state index in [1.165, 1.54) is 12.1 Å². The molecule has 0 aliphatic heterocycles. The molecule has 6 heteroatoms. The van der Waals surface area contributed by atoms with E-state index in [1.807, 2.05) is 6.07 Å². The number of aromatic carboxylic acids is 1. The highest BCUT2D eigenvalue weighted by atomic mass is 35.5. The maximum absolute atomic E-state index is 11.0. The van der Waals surface area contributed by atoms with Crippen LogP contribution in [0.3, 0.4) is 0 Å². The van der Waals surface area contributed by atoms with Gasteiger partial charge in [0.2, 0.25) is 0 Å². The molecule has 0 unspecified atom stereocenters. The van der Waals surface area contributed by atoms with Gasteiger partial charge in [-0.15, -0.1) is 0 Å². The van der Waals surface area contributed by atoms with Crippen molar-refractivity contribution >= 4 is 34.9 Å². The number of benzene rings is 2. The molecule has 0 saturated heterocycles. The third kappa shape index (κ3) is 4.06. The predicted molar refractivity (Wildman–Crippen MR) is 88.6 cm³/mol. The lowest BCUT2D eigenvalue weighted by Crippen LogP contribution is -2.05. The fourth-order valence-electron chi connectivity index (χ4n) is 1.98. The van der Waals surface area contributed by atoms with Crippen LogP contribution >= 0.6 is 23.2 Å². The Morgan fingerprint density at radius 1 is 1.23 bits per heavy atom. The second-order valence-corrected chi connectivity index (χ2v) is 5.44. The molecule has 0 aliphatic rings. The molecule has 0 spiro atoms. The van der Waals surface area contributed by atoms with Gasteiger partial charge in [0.15, 0.2) is 0 Å². The largest absolute Gasteiger partial charge is 0.491 e. The van der Waals surface area contributed by atoms with Gasteiger partial charge in [-0.25, -0.2) is 4.79 Å². The fraction of sp³-hybridized carbons (Fsp3) is 0.188. The summed E-state index contributed by atoms with van der Waals surface area (Å²) in [5.74, 6) is -0.499. The average Bonchev–Trinajstić information content (AvgIpc) is 2.49. The zero-order valence-electron chi connectivity index (χ0n) is 11.9. The Hall–Kier alpha value is -1.91. The van der Waals surface area contributed by atoms with Gasteiger partial charge in [-0.1, -0.05) is 29.3 Å². The van der Waals surface area contributed by atoms with Gasteiger partial charge in [-0.2, -0.15) is 0 Å². The number of carboxylic acid groups (broad SMARTS) is 1. The summed E-state index contributed by atoms with van der Waals surface area (Å²) in [5.41, 5.74) is 1.83. The molecule has 2 N–H and O–H groups in total. The molecule has 0 radical (unpaired) electrons. The highest BCUT2D eigenvalue weighted by molar-refractivity contribution is 6.35. The highest BCUT2D eigenvalue weighted by Gasteiger charge is 2.09. The maximum atomic E-state index is 11.0. The molecule has 0 bridgehead atoms. The number of hydrogen-bond donors (Lipinski definition) is 2. The van der Waals surface area contributed by atoms with E-state index in [0.717, 1.165) is 11.3 Å². The molecule has 0 fully saturated rings. The number of anilines is 1. The lowest BCUT2D eigenvalue weighted by atomic mass is 10.1. The van der Waals surface area contributed by atoms with Gasteiger partial charge in [-0.05, 0) is 35.9 Å². The van der Waals surface area contributed by atoms with Gasteiger partial charge in [0.1, 0.15) is 5.75 Å². The van der Waals surface area contributed by atoms with Crippen LogP contribution < -0.4 is 10.1 Å². The second-order valence-electron chi connectivity index (χ2n) is 4.60. The first-order valence-corrected chi connectivity index (χ1v) is 7.38. The first-order valence-electron chi connectivity index (χ1n) is 6.63. The van der Waals surface area contributed by atoms with Crippen LogP contribution in [0.1, 0.15) is 15.9 Å². The fourth-order valence-corrected chi connectivity index (χ4v) is 2.48. The van der Waals surface area contributed by atoms with Crippen LogP contribution in [-0.2, 0) is 6.42 Å². The number of ether oxygens (including phenoxy) is 1. The van der Waals surface area contributed by atoms with E-state index in [2.05, 4.69) is 5.32 Å². The molecule has 0 heterocycles. The van der Waals surface area contributed by atoms with Crippen molar-refractivity contribution in [3.63, 3.8) is 0 Å². The van der Waals surface area contributed by atoms with Crippen molar-refractivity contribution in [3.8, 4) is 5.75 Å². The van der Waals surface area contributed by atoms with Gasteiger partial charge in [-0.3, -0.25) is 0 Å². The van der Waals surface area contributed by atoms with Gasteiger partial charge in [0, 0.05) is 23.5 Å². The summed E-state index contributed by atoms with van der Waals surface area (Å²) >= 11 is 12.0. The summed E-state index contributed by atoms with van der Waals surface area (Å²) in [6.07, 6.45) is 0.594. The quantitative estimate of drug-likeness (QED) is 0.821. The van der Waals surface area contributed by atoms with E-state index in [0.29, 0.717) is 28.8 Å². The van der Waals surface area contributed by atoms with E-state index in [4.69, 9.17) is 33.0 Å². The van der Waals surface area contributed by atoms with Gasteiger partial charge >= 0.3 is 5.97 Å². The lowest BCUT2D eigenvalue weighted by molar-refractivity contribution is 0.0696. The van der Waals surface area contributed by atoms with Crippen LogP contribution in [0, 0.1) is 0 Å². The van der Waals surface area contributed by atoms with E-state index < -0.39 is 5.97 Å². The Morgan fingerprint density at radius 3 is 2.64 bits per heavy atom. The second kappa shape index (κ2) is 7.38. The summed E-state index contributed by atoms with van der Waals surface area (Å²) in [6, 6.07) is 10.00. The monoisotopic (exact) mass is 339 g/mol. The van der Waals surface area contributed by atoms with Crippen molar-refractivity contribution in [2.24, 2.45) is 0 Å². The van der Waals surface area contributed by atoms with Crippen LogP contribution in [0.5, 0.6) is 5.75 Å². The number of rotatable bonds is 6. The smallest absolute Gasteiger partial charge is 0.335 e. The first-order chi connectivity index (χ1) is 10.5. The van der Waals surface area contributed by atoms with Crippen LogP contribution in [0.15, 0.2) is 36.4 Å². The summed E-state index contributed by atoms with van der Waals surface area (Å²) in [7, 11) is 1.75. The molecular formula is C16H15Cl2NO3. The summed E-state index contributed by atoms with van der Waals surface area (Å²) < 4.78 is 5.69. The molecule has 0 aliphatic carbocycles. The summed E-state index contributed by atoms with van der Waals surface area (Å²) in [4.78, 5) is 11.0.